The zero-order chi connectivity index (χ0) is 14.5. The third-order valence-corrected chi connectivity index (χ3v) is 4.14. The quantitative estimate of drug-likeness (QED) is 0.864. The molecular formula is C17H28N2O. The van der Waals surface area contributed by atoms with Crippen molar-refractivity contribution in [2.24, 2.45) is 0 Å². The maximum atomic E-state index is 5.68. The summed E-state index contributed by atoms with van der Waals surface area (Å²) >= 11 is 0. The molecule has 1 aliphatic rings. The molecule has 2 unspecified atom stereocenters. The van der Waals surface area contributed by atoms with Gasteiger partial charge in [0.15, 0.2) is 0 Å². The van der Waals surface area contributed by atoms with Crippen molar-refractivity contribution in [3.05, 3.63) is 35.4 Å². The van der Waals surface area contributed by atoms with Crippen LogP contribution in [0.1, 0.15) is 38.3 Å². The van der Waals surface area contributed by atoms with Gasteiger partial charge in [0.05, 0.1) is 6.10 Å². The van der Waals surface area contributed by atoms with Crippen LogP contribution < -0.4 is 5.32 Å². The van der Waals surface area contributed by atoms with Gasteiger partial charge in [-0.25, -0.2) is 0 Å². The molecule has 3 heteroatoms. The Morgan fingerprint density at radius 1 is 1.30 bits per heavy atom. The molecule has 112 valence electrons. The Hall–Kier alpha value is -0.900. The van der Waals surface area contributed by atoms with Crippen LogP contribution in [0.5, 0.6) is 0 Å². The fourth-order valence-electron chi connectivity index (χ4n) is 2.88. The lowest BCUT2D eigenvalue weighted by atomic mass is 10.0. The number of rotatable bonds is 6. The number of nitrogens with one attached hydrogen (secondary N) is 1. The molecule has 3 nitrogen and oxygen atoms in total. The SMILES string of the molecule is CC(C)NCc1ccccc1CN(C)C1CCOC1C. The molecule has 0 radical (unpaired) electrons. The summed E-state index contributed by atoms with van der Waals surface area (Å²) in [6, 6.07) is 9.80. The molecule has 2 atom stereocenters. The Balaban J connectivity index is 2.01. The fraction of sp³-hybridized carbons (Fsp3) is 0.647. The summed E-state index contributed by atoms with van der Waals surface area (Å²) in [5.74, 6) is 0. The van der Waals surface area contributed by atoms with Gasteiger partial charge in [0, 0.05) is 31.8 Å². The van der Waals surface area contributed by atoms with E-state index in [0.29, 0.717) is 18.2 Å². The average Bonchev–Trinajstić information content (AvgIpc) is 2.84. The first-order valence-electron chi connectivity index (χ1n) is 7.70. The van der Waals surface area contributed by atoms with E-state index in [9.17, 15) is 0 Å². The van der Waals surface area contributed by atoms with Crippen LogP contribution in [0.4, 0.5) is 0 Å². The molecule has 1 heterocycles. The highest BCUT2D eigenvalue weighted by molar-refractivity contribution is 5.27. The fourth-order valence-corrected chi connectivity index (χ4v) is 2.88. The topological polar surface area (TPSA) is 24.5 Å². The van der Waals surface area contributed by atoms with Crippen LogP contribution in [0.15, 0.2) is 24.3 Å². The van der Waals surface area contributed by atoms with E-state index in [4.69, 9.17) is 4.74 Å². The molecule has 2 rings (SSSR count). The van der Waals surface area contributed by atoms with Crippen molar-refractivity contribution in [1.82, 2.24) is 10.2 Å². The van der Waals surface area contributed by atoms with Crippen LogP contribution in [0.25, 0.3) is 0 Å². The minimum atomic E-state index is 0.348. The maximum absolute atomic E-state index is 5.68. The number of hydrogen-bond acceptors (Lipinski definition) is 3. The molecule has 0 spiro atoms. The predicted octanol–water partition coefficient (Wildman–Crippen LogP) is 2.79. The van der Waals surface area contributed by atoms with E-state index in [1.807, 2.05) is 0 Å². The number of likely N-dealkylation sites (N-methyl/N-ethyl adjacent to an activating group) is 1. The van der Waals surface area contributed by atoms with Crippen molar-refractivity contribution >= 4 is 0 Å². The molecule has 1 saturated heterocycles. The molecule has 0 saturated carbocycles. The van der Waals surface area contributed by atoms with E-state index in [2.05, 4.69) is 62.3 Å². The Morgan fingerprint density at radius 3 is 2.60 bits per heavy atom. The second kappa shape index (κ2) is 7.21. The van der Waals surface area contributed by atoms with E-state index in [-0.39, 0.29) is 0 Å². The third-order valence-electron chi connectivity index (χ3n) is 4.14. The van der Waals surface area contributed by atoms with Gasteiger partial charge in [-0.3, -0.25) is 4.90 Å². The molecule has 1 aromatic carbocycles. The largest absolute Gasteiger partial charge is 0.377 e. The molecule has 1 N–H and O–H groups in total. The van der Waals surface area contributed by atoms with Gasteiger partial charge < -0.3 is 10.1 Å². The van der Waals surface area contributed by atoms with Gasteiger partial charge in [-0.15, -0.1) is 0 Å². The zero-order valence-corrected chi connectivity index (χ0v) is 13.2. The maximum Gasteiger partial charge on any atom is 0.0703 e. The number of ether oxygens (including phenoxy) is 1. The molecule has 0 amide bonds. The Morgan fingerprint density at radius 2 is 2.00 bits per heavy atom. The van der Waals surface area contributed by atoms with Gasteiger partial charge in [0.2, 0.25) is 0 Å². The van der Waals surface area contributed by atoms with Crippen LogP contribution in [0, 0.1) is 0 Å². The molecule has 20 heavy (non-hydrogen) atoms. The summed E-state index contributed by atoms with van der Waals surface area (Å²) < 4.78 is 5.68. The van der Waals surface area contributed by atoms with Gasteiger partial charge in [-0.1, -0.05) is 38.1 Å². The highest BCUT2D eigenvalue weighted by Crippen LogP contribution is 2.21. The molecule has 1 fully saturated rings. The lowest BCUT2D eigenvalue weighted by Crippen LogP contribution is -2.36. The minimum Gasteiger partial charge on any atom is -0.377 e. The number of hydrogen-bond donors (Lipinski definition) is 1. The minimum absolute atomic E-state index is 0.348. The number of benzene rings is 1. The van der Waals surface area contributed by atoms with Crippen LogP contribution in [0.2, 0.25) is 0 Å². The van der Waals surface area contributed by atoms with E-state index in [1.165, 1.54) is 11.1 Å². The van der Waals surface area contributed by atoms with Gasteiger partial charge in [0.1, 0.15) is 0 Å². The second-order valence-electron chi connectivity index (χ2n) is 6.15. The monoisotopic (exact) mass is 276 g/mol. The Labute approximate surface area is 123 Å². The first kappa shape index (κ1) is 15.5. The van der Waals surface area contributed by atoms with Crippen molar-refractivity contribution < 1.29 is 4.74 Å². The first-order chi connectivity index (χ1) is 9.58. The summed E-state index contributed by atoms with van der Waals surface area (Å²) in [7, 11) is 2.21. The van der Waals surface area contributed by atoms with E-state index >= 15 is 0 Å². The van der Waals surface area contributed by atoms with Gasteiger partial charge in [-0.2, -0.15) is 0 Å². The highest BCUT2D eigenvalue weighted by atomic mass is 16.5. The van der Waals surface area contributed by atoms with Crippen LogP contribution >= 0.6 is 0 Å². The highest BCUT2D eigenvalue weighted by Gasteiger charge is 2.27. The Bertz CT molecular complexity index is 419. The first-order valence-corrected chi connectivity index (χ1v) is 7.70. The van der Waals surface area contributed by atoms with Crippen LogP contribution in [-0.2, 0) is 17.8 Å². The van der Waals surface area contributed by atoms with E-state index < -0.39 is 0 Å². The van der Waals surface area contributed by atoms with Crippen molar-refractivity contribution in [3.8, 4) is 0 Å². The number of nitrogens with zero attached hydrogens (tertiary/aromatic N) is 1. The zero-order valence-electron chi connectivity index (χ0n) is 13.2. The van der Waals surface area contributed by atoms with Crippen molar-refractivity contribution in [3.63, 3.8) is 0 Å². The standard InChI is InChI=1S/C17H28N2O/c1-13(2)18-11-15-7-5-6-8-16(15)12-19(4)17-9-10-20-14(17)3/h5-8,13-14,17-18H,9-12H2,1-4H3. The summed E-state index contributed by atoms with van der Waals surface area (Å²) in [5.41, 5.74) is 2.82. The van der Waals surface area contributed by atoms with E-state index in [1.54, 1.807) is 0 Å². The van der Waals surface area contributed by atoms with Gasteiger partial charge in [-0.05, 0) is 31.5 Å². The van der Waals surface area contributed by atoms with Gasteiger partial charge in [0.25, 0.3) is 0 Å². The predicted molar refractivity (Wildman–Crippen MR) is 83.7 cm³/mol. The van der Waals surface area contributed by atoms with Crippen LogP contribution in [0.3, 0.4) is 0 Å². The lowest BCUT2D eigenvalue weighted by Gasteiger charge is -2.27. The van der Waals surface area contributed by atoms with Crippen LogP contribution in [-0.4, -0.2) is 36.7 Å². The summed E-state index contributed by atoms with van der Waals surface area (Å²) in [5, 5.41) is 3.51. The average molecular weight is 276 g/mol. The van der Waals surface area contributed by atoms with Gasteiger partial charge >= 0.3 is 0 Å². The second-order valence-corrected chi connectivity index (χ2v) is 6.15. The van der Waals surface area contributed by atoms with Crippen molar-refractivity contribution in [1.29, 1.82) is 0 Å². The molecule has 0 aliphatic carbocycles. The molecule has 1 aliphatic heterocycles. The molecular weight excluding hydrogens is 248 g/mol. The van der Waals surface area contributed by atoms with Crippen molar-refractivity contribution in [2.75, 3.05) is 13.7 Å². The lowest BCUT2D eigenvalue weighted by molar-refractivity contribution is 0.0813. The van der Waals surface area contributed by atoms with E-state index in [0.717, 1.165) is 26.1 Å². The summed E-state index contributed by atoms with van der Waals surface area (Å²) in [6.07, 6.45) is 1.49. The molecule has 0 bridgehead atoms. The Kier molecular flexibility index (Phi) is 5.58. The third kappa shape index (κ3) is 4.05. The summed E-state index contributed by atoms with van der Waals surface area (Å²) in [6.45, 7) is 9.39. The molecule has 0 aromatic heterocycles. The smallest absolute Gasteiger partial charge is 0.0703 e. The normalized spacial score (nSPS) is 22.9. The summed E-state index contributed by atoms with van der Waals surface area (Å²) in [4.78, 5) is 2.44. The van der Waals surface area contributed by atoms with Crippen molar-refractivity contribution in [2.45, 2.75) is 58.5 Å². The molecule has 1 aromatic rings.